The van der Waals surface area contributed by atoms with Gasteiger partial charge in [0, 0.05) is 26.2 Å². The van der Waals surface area contributed by atoms with Gasteiger partial charge in [0.1, 0.15) is 23.6 Å². The SMILES string of the molecule is CC1(C)CN(CC(=O)O)c2c(cccc2N2CCNCC2)O1. The van der Waals surface area contributed by atoms with E-state index in [1.54, 1.807) is 0 Å². The van der Waals surface area contributed by atoms with Gasteiger partial charge >= 0.3 is 5.97 Å². The number of benzene rings is 1. The second-order valence-corrected chi connectivity index (χ2v) is 6.47. The second-order valence-electron chi connectivity index (χ2n) is 6.47. The average molecular weight is 305 g/mol. The first-order valence-corrected chi connectivity index (χ1v) is 7.71. The number of hydrogen-bond donors (Lipinski definition) is 2. The van der Waals surface area contributed by atoms with Crippen LogP contribution in [0.2, 0.25) is 0 Å². The molecule has 0 unspecified atom stereocenters. The summed E-state index contributed by atoms with van der Waals surface area (Å²) in [5.74, 6) is -0.0488. The number of nitrogens with zero attached hydrogens (tertiary/aromatic N) is 2. The van der Waals surface area contributed by atoms with E-state index in [9.17, 15) is 9.90 Å². The van der Waals surface area contributed by atoms with Gasteiger partial charge in [0.05, 0.1) is 12.2 Å². The third-order valence-electron chi connectivity index (χ3n) is 4.04. The predicted octanol–water partition coefficient (Wildman–Crippen LogP) is 1.16. The molecule has 0 atom stereocenters. The van der Waals surface area contributed by atoms with Crippen LogP contribution in [-0.4, -0.2) is 55.9 Å². The summed E-state index contributed by atoms with van der Waals surface area (Å²) in [7, 11) is 0. The highest BCUT2D eigenvalue weighted by Crippen LogP contribution is 2.43. The van der Waals surface area contributed by atoms with Crippen molar-refractivity contribution in [3.05, 3.63) is 18.2 Å². The molecule has 6 heteroatoms. The topological polar surface area (TPSA) is 65.0 Å². The van der Waals surface area contributed by atoms with Gasteiger partial charge in [0.15, 0.2) is 0 Å². The van der Waals surface area contributed by atoms with Gasteiger partial charge in [-0.1, -0.05) is 6.07 Å². The van der Waals surface area contributed by atoms with Crippen LogP contribution < -0.4 is 19.9 Å². The van der Waals surface area contributed by atoms with Gasteiger partial charge in [-0.2, -0.15) is 0 Å². The second kappa shape index (κ2) is 5.68. The summed E-state index contributed by atoms with van der Waals surface area (Å²) in [5, 5.41) is 12.6. The fourth-order valence-corrected chi connectivity index (χ4v) is 3.24. The molecule has 1 fully saturated rings. The highest BCUT2D eigenvalue weighted by molar-refractivity contribution is 5.83. The Balaban J connectivity index is 2.01. The average Bonchev–Trinajstić information content (AvgIpc) is 2.45. The Morgan fingerprint density at radius 2 is 2.09 bits per heavy atom. The van der Waals surface area contributed by atoms with E-state index < -0.39 is 11.6 Å². The molecule has 0 saturated carbocycles. The first kappa shape index (κ1) is 15.0. The Hall–Kier alpha value is -1.95. The Kier molecular flexibility index (Phi) is 3.87. The van der Waals surface area contributed by atoms with Crippen molar-refractivity contribution < 1.29 is 14.6 Å². The van der Waals surface area contributed by atoms with Crippen LogP contribution >= 0.6 is 0 Å². The van der Waals surface area contributed by atoms with Crippen LogP contribution in [0.1, 0.15) is 13.8 Å². The zero-order valence-electron chi connectivity index (χ0n) is 13.1. The van der Waals surface area contributed by atoms with Crippen LogP contribution in [0.4, 0.5) is 11.4 Å². The molecular weight excluding hydrogens is 282 g/mol. The van der Waals surface area contributed by atoms with Crippen LogP contribution in [0.5, 0.6) is 5.75 Å². The summed E-state index contributed by atoms with van der Waals surface area (Å²) in [6.45, 7) is 8.24. The zero-order chi connectivity index (χ0) is 15.7. The number of carboxylic acids is 1. The first-order valence-electron chi connectivity index (χ1n) is 7.71. The molecule has 22 heavy (non-hydrogen) atoms. The standard InChI is InChI=1S/C16H23N3O3/c1-16(2)11-19(10-14(20)21)15-12(4-3-5-13(15)22-16)18-8-6-17-7-9-18/h3-5,17H,6-11H2,1-2H3,(H,20,21). The lowest BCUT2D eigenvalue weighted by Gasteiger charge is -2.43. The highest BCUT2D eigenvalue weighted by atomic mass is 16.5. The molecule has 0 aromatic heterocycles. The smallest absolute Gasteiger partial charge is 0.323 e. The fraction of sp³-hybridized carbons (Fsp3) is 0.562. The molecular formula is C16H23N3O3. The number of para-hydroxylation sites is 1. The number of piperazine rings is 1. The maximum Gasteiger partial charge on any atom is 0.323 e. The van der Waals surface area contributed by atoms with Crippen LogP contribution in [0.3, 0.4) is 0 Å². The zero-order valence-corrected chi connectivity index (χ0v) is 13.1. The van der Waals surface area contributed by atoms with E-state index in [0.29, 0.717) is 6.54 Å². The van der Waals surface area contributed by atoms with Crippen LogP contribution in [0, 0.1) is 0 Å². The summed E-state index contributed by atoms with van der Waals surface area (Å²) in [4.78, 5) is 15.5. The largest absolute Gasteiger partial charge is 0.484 e. The van der Waals surface area contributed by atoms with Crippen molar-refractivity contribution in [2.45, 2.75) is 19.4 Å². The molecule has 0 aliphatic carbocycles. The molecule has 6 nitrogen and oxygen atoms in total. The van der Waals surface area contributed by atoms with E-state index in [0.717, 1.165) is 43.3 Å². The fourth-order valence-electron chi connectivity index (χ4n) is 3.24. The van der Waals surface area contributed by atoms with Gasteiger partial charge in [0.25, 0.3) is 0 Å². The van der Waals surface area contributed by atoms with Crippen molar-refractivity contribution >= 4 is 17.3 Å². The molecule has 3 rings (SSSR count). The minimum atomic E-state index is -0.821. The highest BCUT2D eigenvalue weighted by Gasteiger charge is 2.35. The number of rotatable bonds is 3. The van der Waals surface area contributed by atoms with Crippen molar-refractivity contribution in [3.8, 4) is 5.75 Å². The van der Waals surface area contributed by atoms with Crippen LogP contribution in [0.15, 0.2) is 18.2 Å². The number of fused-ring (bicyclic) bond motifs is 1. The lowest BCUT2D eigenvalue weighted by molar-refractivity contribution is -0.135. The van der Waals surface area contributed by atoms with E-state index in [2.05, 4.69) is 16.3 Å². The molecule has 2 N–H and O–H groups in total. The van der Waals surface area contributed by atoms with E-state index in [1.165, 1.54) is 0 Å². The minimum Gasteiger partial charge on any atom is -0.484 e. The number of carboxylic acid groups (broad SMARTS) is 1. The number of hydrogen-bond acceptors (Lipinski definition) is 5. The summed E-state index contributed by atoms with van der Waals surface area (Å²) in [6, 6.07) is 5.97. The van der Waals surface area contributed by atoms with E-state index >= 15 is 0 Å². The molecule has 0 bridgehead atoms. The number of carbonyl (C=O) groups is 1. The van der Waals surface area contributed by atoms with Gasteiger partial charge in [-0.15, -0.1) is 0 Å². The summed E-state index contributed by atoms with van der Waals surface area (Å²) >= 11 is 0. The van der Waals surface area contributed by atoms with Crippen molar-refractivity contribution in [2.24, 2.45) is 0 Å². The molecule has 1 aromatic rings. The Morgan fingerprint density at radius 1 is 1.36 bits per heavy atom. The molecule has 0 amide bonds. The maximum atomic E-state index is 11.3. The van der Waals surface area contributed by atoms with Crippen molar-refractivity contribution in [3.63, 3.8) is 0 Å². The summed E-state index contributed by atoms with van der Waals surface area (Å²) in [6.07, 6.45) is 0. The molecule has 1 saturated heterocycles. The van der Waals surface area contributed by atoms with E-state index in [4.69, 9.17) is 4.74 Å². The molecule has 0 spiro atoms. The first-order chi connectivity index (χ1) is 10.5. The van der Waals surface area contributed by atoms with Gasteiger partial charge in [-0.3, -0.25) is 4.79 Å². The molecule has 120 valence electrons. The lowest BCUT2D eigenvalue weighted by Crippen LogP contribution is -2.50. The summed E-state index contributed by atoms with van der Waals surface area (Å²) < 4.78 is 6.09. The molecule has 0 radical (unpaired) electrons. The number of aliphatic carboxylic acids is 1. The van der Waals surface area contributed by atoms with Gasteiger partial charge in [-0.25, -0.2) is 0 Å². The monoisotopic (exact) mass is 305 g/mol. The Bertz CT molecular complexity index is 568. The minimum absolute atomic E-state index is 0.0110. The Labute approximate surface area is 130 Å². The molecule has 2 aliphatic rings. The van der Waals surface area contributed by atoms with Crippen molar-refractivity contribution in [1.29, 1.82) is 0 Å². The number of anilines is 2. The predicted molar refractivity (Wildman–Crippen MR) is 86.1 cm³/mol. The van der Waals surface area contributed by atoms with Gasteiger partial charge in [-0.05, 0) is 26.0 Å². The third-order valence-corrected chi connectivity index (χ3v) is 4.04. The van der Waals surface area contributed by atoms with E-state index in [1.807, 2.05) is 30.9 Å². The van der Waals surface area contributed by atoms with Crippen LogP contribution in [-0.2, 0) is 4.79 Å². The lowest BCUT2D eigenvalue weighted by atomic mass is 10.0. The van der Waals surface area contributed by atoms with E-state index in [-0.39, 0.29) is 6.54 Å². The third kappa shape index (κ3) is 2.97. The van der Waals surface area contributed by atoms with Gasteiger partial charge < -0.3 is 25.0 Å². The molecule has 2 aliphatic heterocycles. The molecule has 2 heterocycles. The normalized spacial score (nSPS) is 20.3. The quantitative estimate of drug-likeness (QED) is 0.873. The summed E-state index contributed by atoms with van der Waals surface area (Å²) in [5.41, 5.74) is 1.58. The Morgan fingerprint density at radius 3 is 2.77 bits per heavy atom. The number of ether oxygens (including phenoxy) is 1. The van der Waals surface area contributed by atoms with Crippen molar-refractivity contribution in [2.75, 3.05) is 49.1 Å². The van der Waals surface area contributed by atoms with Crippen LogP contribution in [0.25, 0.3) is 0 Å². The van der Waals surface area contributed by atoms with Gasteiger partial charge in [0.2, 0.25) is 0 Å². The van der Waals surface area contributed by atoms with Crippen molar-refractivity contribution in [1.82, 2.24) is 5.32 Å². The maximum absolute atomic E-state index is 11.3. The molecule has 1 aromatic carbocycles. The number of nitrogens with one attached hydrogen (secondary N) is 1.